The molecule has 1 aromatic carbocycles. The molecule has 0 fully saturated rings. The van der Waals surface area contributed by atoms with E-state index in [4.69, 9.17) is 10.5 Å². The number of amides is 1. The first kappa shape index (κ1) is 14.3. The predicted octanol–water partition coefficient (Wildman–Crippen LogP) is 2.32. The van der Waals surface area contributed by atoms with Crippen LogP contribution in [-0.2, 0) is 4.79 Å². The van der Waals surface area contributed by atoms with E-state index in [0.717, 1.165) is 12.1 Å². The lowest BCUT2D eigenvalue weighted by molar-refractivity contribution is -0.112. The van der Waals surface area contributed by atoms with Gasteiger partial charge >= 0.3 is 0 Å². The Balaban J connectivity index is 2.67. The standard InChI is InChI=1S/C14H20N2O2/c1-3-5-11(2)14(17)16-12-6-4-7-13(10-12)18-9-8-15/h4-7,10H,3,8-9,15H2,1-2H3,(H,16,17). The van der Waals surface area contributed by atoms with Crippen LogP contribution in [0.25, 0.3) is 0 Å². The number of nitrogens with two attached hydrogens (primary N) is 1. The molecule has 4 nitrogen and oxygen atoms in total. The molecule has 0 unspecified atom stereocenters. The Morgan fingerprint density at radius 3 is 2.94 bits per heavy atom. The summed E-state index contributed by atoms with van der Waals surface area (Å²) in [6.07, 6.45) is 2.74. The first-order valence-electron chi connectivity index (χ1n) is 6.08. The summed E-state index contributed by atoms with van der Waals surface area (Å²) in [7, 11) is 0. The molecular formula is C14H20N2O2. The molecule has 0 radical (unpaired) electrons. The largest absolute Gasteiger partial charge is 0.492 e. The van der Waals surface area contributed by atoms with Crippen molar-refractivity contribution >= 4 is 11.6 Å². The highest BCUT2D eigenvalue weighted by Gasteiger charge is 2.04. The zero-order chi connectivity index (χ0) is 13.4. The van der Waals surface area contributed by atoms with E-state index in [1.807, 2.05) is 31.2 Å². The van der Waals surface area contributed by atoms with Gasteiger partial charge in [-0.05, 0) is 25.5 Å². The predicted molar refractivity (Wildman–Crippen MR) is 73.7 cm³/mol. The van der Waals surface area contributed by atoms with Gasteiger partial charge in [0.15, 0.2) is 0 Å². The van der Waals surface area contributed by atoms with Crippen LogP contribution in [0.4, 0.5) is 5.69 Å². The summed E-state index contributed by atoms with van der Waals surface area (Å²) < 4.78 is 5.39. The average molecular weight is 248 g/mol. The number of rotatable bonds is 6. The van der Waals surface area contributed by atoms with Crippen LogP contribution in [0.15, 0.2) is 35.9 Å². The van der Waals surface area contributed by atoms with E-state index in [9.17, 15) is 4.79 Å². The molecule has 3 N–H and O–H groups in total. The van der Waals surface area contributed by atoms with Crippen LogP contribution >= 0.6 is 0 Å². The summed E-state index contributed by atoms with van der Waals surface area (Å²) in [6, 6.07) is 7.28. The van der Waals surface area contributed by atoms with Crippen LogP contribution in [-0.4, -0.2) is 19.1 Å². The fourth-order valence-electron chi connectivity index (χ4n) is 1.47. The summed E-state index contributed by atoms with van der Waals surface area (Å²) in [4.78, 5) is 11.8. The summed E-state index contributed by atoms with van der Waals surface area (Å²) in [6.45, 7) is 4.73. The maximum atomic E-state index is 11.8. The molecule has 0 spiro atoms. The molecule has 0 aliphatic heterocycles. The molecule has 18 heavy (non-hydrogen) atoms. The number of hydrogen-bond acceptors (Lipinski definition) is 3. The van der Waals surface area contributed by atoms with Crippen molar-refractivity contribution in [1.82, 2.24) is 0 Å². The minimum absolute atomic E-state index is 0.0900. The first-order valence-corrected chi connectivity index (χ1v) is 6.08. The number of carbonyl (C=O) groups is 1. The molecule has 0 saturated heterocycles. The van der Waals surface area contributed by atoms with Crippen molar-refractivity contribution in [3.63, 3.8) is 0 Å². The second-order valence-electron chi connectivity index (χ2n) is 3.91. The molecule has 4 heteroatoms. The van der Waals surface area contributed by atoms with Gasteiger partial charge in [-0.1, -0.05) is 19.1 Å². The number of carbonyl (C=O) groups excluding carboxylic acids is 1. The van der Waals surface area contributed by atoms with E-state index >= 15 is 0 Å². The highest BCUT2D eigenvalue weighted by Crippen LogP contribution is 2.17. The van der Waals surface area contributed by atoms with Gasteiger partial charge in [0.05, 0.1) is 0 Å². The van der Waals surface area contributed by atoms with E-state index in [1.54, 1.807) is 13.0 Å². The summed E-state index contributed by atoms with van der Waals surface area (Å²) >= 11 is 0. The number of allylic oxidation sites excluding steroid dienone is 1. The zero-order valence-corrected chi connectivity index (χ0v) is 10.9. The molecule has 1 aromatic rings. The summed E-state index contributed by atoms with van der Waals surface area (Å²) in [5.41, 5.74) is 6.80. The Morgan fingerprint density at radius 1 is 1.50 bits per heavy atom. The number of hydrogen-bond donors (Lipinski definition) is 2. The Kier molecular flexibility index (Phi) is 5.94. The highest BCUT2D eigenvalue weighted by molar-refractivity contribution is 6.03. The van der Waals surface area contributed by atoms with E-state index in [1.165, 1.54) is 0 Å². The molecule has 0 aliphatic carbocycles. The van der Waals surface area contributed by atoms with Crippen LogP contribution < -0.4 is 15.8 Å². The van der Waals surface area contributed by atoms with Crippen molar-refractivity contribution in [2.75, 3.05) is 18.5 Å². The lowest BCUT2D eigenvalue weighted by atomic mass is 10.2. The number of benzene rings is 1. The molecule has 0 heterocycles. The molecule has 1 amide bonds. The average Bonchev–Trinajstić information content (AvgIpc) is 2.37. The van der Waals surface area contributed by atoms with E-state index in [2.05, 4.69) is 5.32 Å². The Labute approximate surface area is 108 Å². The fourth-order valence-corrected chi connectivity index (χ4v) is 1.47. The minimum Gasteiger partial charge on any atom is -0.492 e. The Morgan fingerprint density at radius 2 is 2.28 bits per heavy atom. The van der Waals surface area contributed by atoms with Crippen molar-refractivity contribution < 1.29 is 9.53 Å². The number of anilines is 1. The molecule has 98 valence electrons. The lowest BCUT2D eigenvalue weighted by Crippen LogP contribution is -2.13. The highest BCUT2D eigenvalue weighted by atomic mass is 16.5. The Bertz CT molecular complexity index is 428. The molecule has 0 aromatic heterocycles. The van der Waals surface area contributed by atoms with Crippen LogP contribution in [0.2, 0.25) is 0 Å². The van der Waals surface area contributed by atoms with E-state index < -0.39 is 0 Å². The van der Waals surface area contributed by atoms with Crippen molar-refractivity contribution in [1.29, 1.82) is 0 Å². The first-order chi connectivity index (χ1) is 8.67. The molecule has 0 saturated carbocycles. The lowest BCUT2D eigenvalue weighted by Gasteiger charge is -2.08. The van der Waals surface area contributed by atoms with Crippen LogP contribution in [0.3, 0.4) is 0 Å². The van der Waals surface area contributed by atoms with Crippen LogP contribution in [0.1, 0.15) is 20.3 Å². The topological polar surface area (TPSA) is 64.3 Å². The van der Waals surface area contributed by atoms with Gasteiger partial charge < -0.3 is 15.8 Å². The molecule has 1 rings (SSSR count). The van der Waals surface area contributed by atoms with Gasteiger partial charge in [0.25, 0.3) is 5.91 Å². The molecular weight excluding hydrogens is 228 g/mol. The van der Waals surface area contributed by atoms with E-state index in [-0.39, 0.29) is 5.91 Å². The molecule has 0 atom stereocenters. The third kappa shape index (κ3) is 4.59. The SMILES string of the molecule is CCC=C(C)C(=O)Nc1cccc(OCCN)c1. The second kappa shape index (κ2) is 7.50. The third-order valence-corrected chi connectivity index (χ3v) is 2.35. The summed E-state index contributed by atoms with van der Waals surface area (Å²) in [5.74, 6) is 0.614. The quantitative estimate of drug-likeness (QED) is 0.759. The van der Waals surface area contributed by atoms with Crippen LogP contribution in [0.5, 0.6) is 5.75 Å². The van der Waals surface area contributed by atoms with Gasteiger partial charge in [0.1, 0.15) is 12.4 Å². The van der Waals surface area contributed by atoms with Gasteiger partial charge in [0.2, 0.25) is 0 Å². The van der Waals surface area contributed by atoms with Gasteiger partial charge in [0, 0.05) is 23.9 Å². The van der Waals surface area contributed by atoms with Crippen molar-refractivity contribution in [2.45, 2.75) is 20.3 Å². The van der Waals surface area contributed by atoms with Gasteiger partial charge in [-0.25, -0.2) is 0 Å². The third-order valence-electron chi connectivity index (χ3n) is 2.35. The van der Waals surface area contributed by atoms with Crippen molar-refractivity contribution in [2.24, 2.45) is 5.73 Å². The number of ether oxygens (including phenoxy) is 1. The molecule has 0 bridgehead atoms. The smallest absolute Gasteiger partial charge is 0.250 e. The van der Waals surface area contributed by atoms with Crippen LogP contribution in [0, 0.1) is 0 Å². The second-order valence-corrected chi connectivity index (χ2v) is 3.91. The number of nitrogens with one attached hydrogen (secondary N) is 1. The summed E-state index contributed by atoms with van der Waals surface area (Å²) in [5, 5.41) is 2.82. The monoisotopic (exact) mass is 248 g/mol. The van der Waals surface area contributed by atoms with Gasteiger partial charge in [-0.3, -0.25) is 4.79 Å². The fraction of sp³-hybridized carbons (Fsp3) is 0.357. The molecule has 0 aliphatic rings. The van der Waals surface area contributed by atoms with Gasteiger partial charge in [-0.15, -0.1) is 0 Å². The van der Waals surface area contributed by atoms with E-state index in [0.29, 0.717) is 24.5 Å². The maximum Gasteiger partial charge on any atom is 0.250 e. The maximum absolute atomic E-state index is 11.8. The Hall–Kier alpha value is -1.81. The normalized spacial score (nSPS) is 11.2. The minimum atomic E-state index is -0.0900. The van der Waals surface area contributed by atoms with Crippen molar-refractivity contribution in [3.8, 4) is 5.75 Å². The van der Waals surface area contributed by atoms with Crippen molar-refractivity contribution in [3.05, 3.63) is 35.9 Å². The van der Waals surface area contributed by atoms with Gasteiger partial charge in [-0.2, -0.15) is 0 Å². The zero-order valence-electron chi connectivity index (χ0n) is 10.9.